The summed E-state index contributed by atoms with van der Waals surface area (Å²) < 4.78 is 9.87. The Labute approximate surface area is 87.5 Å². The Morgan fingerprint density at radius 2 is 2.40 bits per heavy atom. The molecular weight excluding hydrogens is 194 g/mol. The zero-order chi connectivity index (χ0) is 10.7. The number of aryl methyl sites for hydroxylation is 1. The molecule has 0 bridgehead atoms. The Hall–Kier alpha value is -1.62. The third kappa shape index (κ3) is 2.44. The van der Waals surface area contributed by atoms with Crippen LogP contribution in [0.15, 0.2) is 27.5 Å². The summed E-state index contributed by atoms with van der Waals surface area (Å²) >= 11 is 0. The van der Waals surface area contributed by atoms with Gasteiger partial charge in [-0.2, -0.15) is 4.98 Å². The van der Waals surface area contributed by atoms with Crippen molar-refractivity contribution in [3.8, 4) is 0 Å². The molecule has 0 saturated heterocycles. The first-order valence-electron chi connectivity index (χ1n) is 4.80. The molecule has 1 unspecified atom stereocenters. The van der Waals surface area contributed by atoms with Crippen LogP contribution in [0.1, 0.15) is 30.2 Å². The highest BCUT2D eigenvalue weighted by Crippen LogP contribution is 2.12. The van der Waals surface area contributed by atoms with Gasteiger partial charge in [-0.05, 0) is 13.0 Å². The summed E-state index contributed by atoms with van der Waals surface area (Å²) in [7, 11) is 0. The van der Waals surface area contributed by atoms with Gasteiger partial charge in [-0.25, -0.2) is 0 Å². The normalized spacial score (nSPS) is 12.9. The molecule has 15 heavy (non-hydrogen) atoms. The summed E-state index contributed by atoms with van der Waals surface area (Å²) in [5.41, 5.74) is 1.11. The molecule has 0 amide bonds. The minimum Gasteiger partial charge on any atom is -0.472 e. The molecule has 2 aromatic rings. The molecule has 0 saturated carbocycles. The lowest BCUT2D eigenvalue weighted by Gasteiger charge is -2.09. The largest absolute Gasteiger partial charge is 0.472 e. The summed E-state index contributed by atoms with van der Waals surface area (Å²) in [5.74, 6) is 1.26. The highest BCUT2D eigenvalue weighted by Gasteiger charge is 2.08. The van der Waals surface area contributed by atoms with Crippen molar-refractivity contribution in [2.24, 2.45) is 0 Å². The van der Waals surface area contributed by atoms with Gasteiger partial charge in [0, 0.05) is 18.5 Å². The number of hydrogen-bond acceptors (Lipinski definition) is 5. The van der Waals surface area contributed by atoms with E-state index in [1.165, 1.54) is 0 Å². The molecule has 1 N–H and O–H groups in total. The third-order valence-electron chi connectivity index (χ3n) is 2.18. The van der Waals surface area contributed by atoms with Crippen LogP contribution in [-0.2, 0) is 6.54 Å². The van der Waals surface area contributed by atoms with Crippen molar-refractivity contribution in [3.05, 3.63) is 35.9 Å². The van der Waals surface area contributed by atoms with Crippen molar-refractivity contribution >= 4 is 0 Å². The fourth-order valence-corrected chi connectivity index (χ4v) is 1.30. The lowest BCUT2D eigenvalue weighted by atomic mass is 10.2. The van der Waals surface area contributed by atoms with Gasteiger partial charge < -0.3 is 14.3 Å². The minimum absolute atomic E-state index is 0.211. The van der Waals surface area contributed by atoms with Gasteiger partial charge in [0.15, 0.2) is 5.82 Å². The van der Waals surface area contributed by atoms with Gasteiger partial charge in [0.05, 0.1) is 19.1 Å². The van der Waals surface area contributed by atoms with E-state index >= 15 is 0 Å². The van der Waals surface area contributed by atoms with E-state index in [4.69, 9.17) is 8.94 Å². The maximum atomic E-state index is 5.00. The van der Waals surface area contributed by atoms with Crippen molar-refractivity contribution in [3.63, 3.8) is 0 Å². The van der Waals surface area contributed by atoms with E-state index < -0.39 is 0 Å². The van der Waals surface area contributed by atoms with Crippen molar-refractivity contribution in [2.45, 2.75) is 26.4 Å². The monoisotopic (exact) mass is 207 g/mol. The second-order valence-corrected chi connectivity index (χ2v) is 3.39. The number of nitrogens with zero attached hydrogens (tertiary/aromatic N) is 2. The molecule has 2 rings (SSSR count). The highest BCUT2D eigenvalue weighted by atomic mass is 16.5. The Morgan fingerprint density at radius 3 is 3.00 bits per heavy atom. The van der Waals surface area contributed by atoms with Gasteiger partial charge in [-0.1, -0.05) is 5.16 Å². The number of nitrogens with one attached hydrogen (secondary N) is 1. The van der Waals surface area contributed by atoms with Crippen LogP contribution in [-0.4, -0.2) is 10.1 Å². The molecule has 5 heteroatoms. The van der Waals surface area contributed by atoms with E-state index in [2.05, 4.69) is 22.4 Å². The quantitative estimate of drug-likeness (QED) is 0.828. The molecule has 2 heterocycles. The molecule has 0 aliphatic carbocycles. The van der Waals surface area contributed by atoms with Crippen molar-refractivity contribution < 1.29 is 8.94 Å². The highest BCUT2D eigenvalue weighted by molar-refractivity contribution is 5.10. The molecule has 0 aliphatic rings. The van der Waals surface area contributed by atoms with Crippen molar-refractivity contribution in [1.82, 2.24) is 15.5 Å². The first-order valence-corrected chi connectivity index (χ1v) is 4.80. The summed E-state index contributed by atoms with van der Waals surface area (Å²) in [4.78, 5) is 4.10. The molecule has 5 nitrogen and oxygen atoms in total. The molecule has 0 fully saturated rings. The Balaban J connectivity index is 1.88. The molecule has 80 valence electrons. The average molecular weight is 207 g/mol. The summed E-state index contributed by atoms with van der Waals surface area (Å²) in [6, 6.07) is 2.14. The van der Waals surface area contributed by atoms with E-state index in [0.29, 0.717) is 18.3 Å². The minimum atomic E-state index is 0.211. The molecule has 2 aromatic heterocycles. The standard InChI is InChI=1S/C10H13N3O2/c1-7(9-3-4-14-6-9)11-5-10-12-8(2)15-13-10/h3-4,6-7,11H,5H2,1-2H3. The average Bonchev–Trinajstić information content (AvgIpc) is 2.84. The zero-order valence-corrected chi connectivity index (χ0v) is 8.73. The van der Waals surface area contributed by atoms with Crippen LogP contribution in [0.4, 0.5) is 0 Å². The lowest BCUT2D eigenvalue weighted by molar-refractivity contribution is 0.384. The van der Waals surface area contributed by atoms with Gasteiger partial charge in [-0.3, -0.25) is 0 Å². The van der Waals surface area contributed by atoms with Crippen molar-refractivity contribution in [1.29, 1.82) is 0 Å². The van der Waals surface area contributed by atoms with E-state index in [-0.39, 0.29) is 6.04 Å². The number of hydrogen-bond donors (Lipinski definition) is 1. The maximum absolute atomic E-state index is 5.00. The van der Waals surface area contributed by atoms with Crippen LogP contribution in [0.3, 0.4) is 0 Å². The van der Waals surface area contributed by atoms with Crippen LogP contribution in [0.5, 0.6) is 0 Å². The summed E-state index contributed by atoms with van der Waals surface area (Å²) in [5, 5.41) is 7.07. The Bertz CT molecular complexity index is 408. The van der Waals surface area contributed by atoms with Crippen LogP contribution < -0.4 is 5.32 Å². The number of furan rings is 1. The van der Waals surface area contributed by atoms with E-state index in [1.807, 2.05) is 6.07 Å². The SMILES string of the molecule is Cc1nc(CNC(C)c2ccoc2)no1. The first kappa shape index (κ1) is 9.92. The predicted octanol–water partition coefficient (Wildman–Crippen LogP) is 1.82. The topological polar surface area (TPSA) is 64.1 Å². The molecule has 1 atom stereocenters. The van der Waals surface area contributed by atoms with Crippen LogP contribution in [0.25, 0.3) is 0 Å². The summed E-state index contributed by atoms with van der Waals surface area (Å²) in [6.45, 7) is 4.41. The van der Waals surface area contributed by atoms with Gasteiger partial charge in [-0.15, -0.1) is 0 Å². The smallest absolute Gasteiger partial charge is 0.223 e. The van der Waals surface area contributed by atoms with E-state index in [1.54, 1.807) is 19.5 Å². The molecule has 0 radical (unpaired) electrons. The molecule has 0 spiro atoms. The van der Waals surface area contributed by atoms with Crippen molar-refractivity contribution in [2.75, 3.05) is 0 Å². The first-order chi connectivity index (χ1) is 7.25. The van der Waals surface area contributed by atoms with E-state index in [9.17, 15) is 0 Å². The van der Waals surface area contributed by atoms with E-state index in [0.717, 1.165) is 5.56 Å². The second-order valence-electron chi connectivity index (χ2n) is 3.39. The molecule has 0 aliphatic heterocycles. The van der Waals surface area contributed by atoms with Gasteiger partial charge in [0.1, 0.15) is 0 Å². The fourth-order valence-electron chi connectivity index (χ4n) is 1.30. The number of rotatable bonds is 4. The molecular formula is C10H13N3O2. The second kappa shape index (κ2) is 4.27. The van der Waals surface area contributed by atoms with Crippen LogP contribution in [0.2, 0.25) is 0 Å². The molecule has 0 aromatic carbocycles. The fraction of sp³-hybridized carbons (Fsp3) is 0.400. The van der Waals surface area contributed by atoms with Crippen LogP contribution in [0, 0.1) is 6.92 Å². The predicted molar refractivity (Wildman–Crippen MR) is 53.0 cm³/mol. The van der Waals surface area contributed by atoms with Gasteiger partial charge >= 0.3 is 0 Å². The number of aromatic nitrogens is 2. The zero-order valence-electron chi connectivity index (χ0n) is 8.73. The Kier molecular flexibility index (Phi) is 2.82. The third-order valence-corrected chi connectivity index (χ3v) is 2.18. The Morgan fingerprint density at radius 1 is 1.53 bits per heavy atom. The van der Waals surface area contributed by atoms with Gasteiger partial charge in [0.2, 0.25) is 5.89 Å². The summed E-state index contributed by atoms with van der Waals surface area (Å²) in [6.07, 6.45) is 3.38. The maximum Gasteiger partial charge on any atom is 0.223 e. The lowest BCUT2D eigenvalue weighted by Crippen LogP contribution is -2.18. The van der Waals surface area contributed by atoms with Crippen LogP contribution >= 0.6 is 0 Å². The van der Waals surface area contributed by atoms with Gasteiger partial charge in [0.25, 0.3) is 0 Å².